The number of thioether (sulfide) groups is 1. The molecule has 0 spiro atoms. The van der Waals surface area contributed by atoms with E-state index in [0.717, 1.165) is 16.0 Å². The van der Waals surface area contributed by atoms with Crippen molar-refractivity contribution in [2.75, 3.05) is 5.75 Å². The molecule has 0 radical (unpaired) electrons. The molecule has 1 aromatic heterocycles. The van der Waals surface area contributed by atoms with Crippen molar-refractivity contribution >= 4 is 69.1 Å². The summed E-state index contributed by atoms with van der Waals surface area (Å²) in [4.78, 5) is 50.2. The number of aliphatic imine (C=N–C) groups is 2. The van der Waals surface area contributed by atoms with Gasteiger partial charge in [0.15, 0.2) is 5.17 Å². The zero-order chi connectivity index (χ0) is 26.5. The maximum absolute atomic E-state index is 13.4. The highest BCUT2D eigenvalue weighted by Crippen LogP contribution is 2.34. The Labute approximate surface area is 233 Å². The molecule has 3 amide bonds. The fraction of sp³-hybridized carbons (Fsp3) is 0.222. The summed E-state index contributed by atoms with van der Waals surface area (Å²) in [6.07, 6.45) is 0.464. The number of carbonyl (C=O) groups is 3. The SMILES string of the molecule is O=C(CC[C@H]1N=C2c3ccccc3N=C(SCC(=O)NCc3ccccc3Cl)N2C1=O)NCc1cccs1. The Morgan fingerprint density at radius 2 is 1.79 bits per heavy atom. The molecule has 2 aliphatic rings. The molecule has 3 heterocycles. The predicted octanol–water partition coefficient (Wildman–Crippen LogP) is 4.51. The Morgan fingerprint density at radius 1 is 1.00 bits per heavy atom. The Bertz CT molecular complexity index is 1420. The van der Waals surface area contributed by atoms with E-state index in [2.05, 4.69) is 20.6 Å². The minimum Gasteiger partial charge on any atom is -0.351 e. The lowest BCUT2D eigenvalue weighted by atomic mass is 10.1. The molecule has 0 bridgehead atoms. The molecule has 0 aliphatic carbocycles. The van der Waals surface area contributed by atoms with Gasteiger partial charge in [-0.2, -0.15) is 0 Å². The van der Waals surface area contributed by atoms with Gasteiger partial charge in [0.05, 0.1) is 18.0 Å². The summed E-state index contributed by atoms with van der Waals surface area (Å²) < 4.78 is 0. The molecular formula is C27H24ClN5O3S2. The number of hydrogen-bond donors (Lipinski definition) is 2. The topological polar surface area (TPSA) is 103 Å². The summed E-state index contributed by atoms with van der Waals surface area (Å²) in [5, 5.41) is 8.69. The van der Waals surface area contributed by atoms with Gasteiger partial charge in [-0.15, -0.1) is 11.3 Å². The van der Waals surface area contributed by atoms with Gasteiger partial charge in [-0.3, -0.25) is 19.4 Å². The predicted molar refractivity (Wildman–Crippen MR) is 152 cm³/mol. The summed E-state index contributed by atoms with van der Waals surface area (Å²) in [5.74, 6) is -0.0132. The van der Waals surface area contributed by atoms with Crippen LogP contribution < -0.4 is 10.6 Å². The normalized spacial score (nSPS) is 15.9. The number of nitrogens with one attached hydrogen (secondary N) is 2. The van der Waals surface area contributed by atoms with Gasteiger partial charge >= 0.3 is 0 Å². The van der Waals surface area contributed by atoms with E-state index >= 15 is 0 Å². The molecule has 8 nitrogen and oxygen atoms in total. The van der Waals surface area contributed by atoms with Crippen molar-refractivity contribution in [2.45, 2.75) is 32.0 Å². The standard InChI is InChI=1S/C27H24ClN5O3S2/c28-20-9-3-1-6-17(20)14-29-24(35)16-38-27-32-21-10-4-2-8-19(21)25-31-22(26(36)33(25)27)11-12-23(34)30-15-18-7-5-13-37-18/h1-10,13,22H,11-12,14-16H2,(H,29,35)(H,30,34)/t22-/m1/s1. The molecule has 5 rings (SSSR count). The number of fused-ring (bicyclic) bond motifs is 3. The number of amidine groups is 2. The van der Waals surface area contributed by atoms with E-state index in [1.54, 1.807) is 17.4 Å². The zero-order valence-electron chi connectivity index (χ0n) is 20.2. The van der Waals surface area contributed by atoms with Gasteiger partial charge in [0.2, 0.25) is 11.8 Å². The first-order valence-electron chi connectivity index (χ1n) is 12.0. The molecule has 2 aliphatic heterocycles. The first kappa shape index (κ1) is 26.1. The average molecular weight is 566 g/mol. The number of halogens is 1. The molecule has 38 heavy (non-hydrogen) atoms. The van der Waals surface area contributed by atoms with E-state index in [1.807, 2.05) is 60.0 Å². The molecule has 2 N–H and O–H groups in total. The Kier molecular flexibility index (Phi) is 8.21. The highest BCUT2D eigenvalue weighted by atomic mass is 35.5. The average Bonchev–Trinajstić information content (AvgIpc) is 3.57. The third-order valence-corrected chi connectivity index (χ3v) is 8.18. The lowest BCUT2D eigenvalue weighted by Gasteiger charge is -2.25. The second kappa shape index (κ2) is 11.9. The van der Waals surface area contributed by atoms with E-state index in [4.69, 9.17) is 11.6 Å². The van der Waals surface area contributed by atoms with Crippen LogP contribution in [0.25, 0.3) is 0 Å². The molecule has 1 atom stereocenters. The van der Waals surface area contributed by atoms with Gasteiger partial charge in [-0.25, -0.2) is 9.89 Å². The first-order chi connectivity index (χ1) is 18.5. The maximum Gasteiger partial charge on any atom is 0.259 e. The van der Waals surface area contributed by atoms with Gasteiger partial charge in [0.1, 0.15) is 11.9 Å². The summed E-state index contributed by atoms with van der Waals surface area (Å²) in [7, 11) is 0. The van der Waals surface area contributed by atoms with E-state index in [9.17, 15) is 14.4 Å². The van der Waals surface area contributed by atoms with Crippen LogP contribution in [-0.2, 0) is 27.5 Å². The second-order valence-electron chi connectivity index (χ2n) is 8.61. The highest BCUT2D eigenvalue weighted by molar-refractivity contribution is 8.14. The van der Waals surface area contributed by atoms with Crippen molar-refractivity contribution in [2.24, 2.45) is 9.98 Å². The third-order valence-electron chi connectivity index (χ3n) is 6.00. The molecule has 3 aromatic rings. The van der Waals surface area contributed by atoms with Crippen molar-refractivity contribution < 1.29 is 14.4 Å². The van der Waals surface area contributed by atoms with Crippen molar-refractivity contribution in [1.29, 1.82) is 0 Å². The third kappa shape index (κ3) is 5.98. The molecule has 0 fully saturated rings. The van der Waals surface area contributed by atoms with Gasteiger partial charge in [-0.05, 0) is 41.6 Å². The van der Waals surface area contributed by atoms with Crippen LogP contribution in [0, 0.1) is 0 Å². The zero-order valence-corrected chi connectivity index (χ0v) is 22.6. The number of benzene rings is 2. The monoisotopic (exact) mass is 565 g/mol. The largest absolute Gasteiger partial charge is 0.351 e. The van der Waals surface area contributed by atoms with Gasteiger partial charge in [0, 0.05) is 28.4 Å². The molecule has 194 valence electrons. The molecule has 11 heteroatoms. The number of amides is 3. The van der Waals surface area contributed by atoms with Crippen LogP contribution in [0.15, 0.2) is 76.0 Å². The van der Waals surface area contributed by atoms with Gasteiger partial charge < -0.3 is 10.6 Å². The van der Waals surface area contributed by atoms with Crippen molar-refractivity contribution in [3.63, 3.8) is 0 Å². The maximum atomic E-state index is 13.4. The lowest BCUT2D eigenvalue weighted by Crippen LogP contribution is -2.41. The van der Waals surface area contributed by atoms with E-state index < -0.39 is 6.04 Å². The van der Waals surface area contributed by atoms with E-state index in [1.165, 1.54) is 16.7 Å². The van der Waals surface area contributed by atoms with Crippen LogP contribution in [-0.4, -0.2) is 45.4 Å². The van der Waals surface area contributed by atoms with Crippen molar-refractivity contribution in [1.82, 2.24) is 15.5 Å². The smallest absolute Gasteiger partial charge is 0.259 e. The minimum absolute atomic E-state index is 0.0678. The van der Waals surface area contributed by atoms with Crippen LogP contribution in [0.2, 0.25) is 5.02 Å². The summed E-state index contributed by atoms with van der Waals surface area (Å²) in [6.45, 7) is 0.773. The number of rotatable bonds is 9. The number of hydrogen-bond acceptors (Lipinski definition) is 7. The molecule has 0 saturated heterocycles. The molecule has 0 saturated carbocycles. The molecule has 0 unspecified atom stereocenters. The van der Waals surface area contributed by atoms with Crippen molar-refractivity contribution in [3.8, 4) is 0 Å². The molecule has 2 aromatic carbocycles. The summed E-state index contributed by atoms with van der Waals surface area (Å²) in [5.41, 5.74) is 2.25. The lowest BCUT2D eigenvalue weighted by molar-refractivity contribution is -0.125. The van der Waals surface area contributed by atoms with Gasteiger partial charge in [0.25, 0.3) is 5.91 Å². The van der Waals surface area contributed by atoms with Crippen LogP contribution in [0.4, 0.5) is 5.69 Å². The van der Waals surface area contributed by atoms with Crippen molar-refractivity contribution in [3.05, 3.63) is 87.1 Å². The number of carbonyl (C=O) groups excluding carboxylic acids is 3. The minimum atomic E-state index is -0.691. The number of thiophene rings is 1. The Hall–Kier alpha value is -3.47. The van der Waals surface area contributed by atoms with Crippen LogP contribution >= 0.6 is 34.7 Å². The quantitative estimate of drug-likeness (QED) is 0.398. The van der Waals surface area contributed by atoms with Crippen LogP contribution in [0.3, 0.4) is 0 Å². The first-order valence-corrected chi connectivity index (χ1v) is 14.3. The highest BCUT2D eigenvalue weighted by Gasteiger charge is 2.41. The van der Waals surface area contributed by atoms with E-state index in [0.29, 0.717) is 34.8 Å². The Balaban J connectivity index is 1.22. The Morgan fingerprint density at radius 3 is 2.61 bits per heavy atom. The summed E-state index contributed by atoms with van der Waals surface area (Å²) >= 11 is 8.92. The van der Waals surface area contributed by atoms with E-state index in [-0.39, 0.29) is 36.3 Å². The number of nitrogens with zero attached hydrogens (tertiary/aromatic N) is 3. The fourth-order valence-electron chi connectivity index (χ4n) is 4.06. The van der Waals surface area contributed by atoms with Crippen LogP contribution in [0.1, 0.15) is 28.8 Å². The van der Waals surface area contributed by atoms with Crippen LogP contribution in [0.5, 0.6) is 0 Å². The number of para-hydroxylation sites is 1. The summed E-state index contributed by atoms with van der Waals surface area (Å²) in [6, 6.07) is 18.0. The van der Waals surface area contributed by atoms with Gasteiger partial charge in [-0.1, -0.05) is 59.8 Å². The fourth-order valence-corrected chi connectivity index (χ4v) is 5.74. The second-order valence-corrected chi connectivity index (χ2v) is 11.0. The molecular weight excluding hydrogens is 542 g/mol.